The Kier molecular flexibility index (Phi) is 4.70. The number of amides is 1. The lowest BCUT2D eigenvalue weighted by Gasteiger charge is -2.32. The lowest BCUT2D eigenvalue weighted by molar-refractivity contribution is -0.385. The van der Waals surface area contributed by atoms with E-state index in [-0.39, 0.29) is 17.3 Å². The van der Waals surface area contributed by atoms with Crippen LogP contribution in [0.1, 0.15) is 40.2 Å². The van der Waals surface area contributed by atoms with Gasteiger partial charge in [0.2, 0.25) is 0 Å². The molecule has 0 aliphatic carbocycles. The number of phenolic OH excluding ortho intramolecular Hbond substituents is 1. The van der Waals surface area contributed by atoms with E-state index in [0.717, 1.165) is 18.4 Å². The van der Waals surface area contributed by atoms with Gasteiger partial charge in [0.15, 0.2) is 0 Å². The first-order chi connectivity index (χ1) is 12.0. The number of piperidine rings is 1. The quantitative estimate of drug-likeness (QED) is 0.683. The summed E-state index contributed by atoms with van der Waals surface area (Å²) in [5.41, 5.74) is 1.96. The van der Waals surface area contributed by atoms with E-state index in [0.29, 0.717) is 30.1 Å². The number of hydrogen-bond acceptors (Lipinski definition) is 4. The Morgan fingerprint density at radius 1 is 1.16 bits per heavy atom. The third-order valence-corrected chi connectivity index (χ3v) is 4.88. The second kappa shape index (κ2) is 6.93. The van der Waals surface area contributed by atoms with Crippen molar-refractivity contribution >= 4 is 11.6 Å². The molecule has 0 bridgehead atoms. The van der Waals surface area contributed by atoms with Crippen molar-refractivity contribution in [2.45, 2.75) is 25.7 Å². The molecule has 0 aromatic heterocycles. The highest BCUT2D eigenvalue weighted by atomic mass is 16.6. The topological polar surface area (TPSA) is 83.7 Å². The van der Waals surface area contributed by atoms with Gasteiger partial charge in [-0.15, -0.1) is 0 Å². The maximum absolute atomic E-state index is 12.8. The molecule has 0 radical (unpaired) electrons. The molecule has 25 heavy (non-hydrogen) atoms. The third kappa shape index (κ3) is 3.47. The lowest BCUT2D eigenvalue weighted by Crippen LogP contribution is -2.38. The fourth-order valence-electron chi connectivity index (χ4n) is 3.39. The van der Waals surface area contributed by atoms with Crippen LogP contribution in [0.4, 0.5) is 5.69 Å². The highest BCUT2D eigenvalue weighted by Crippen LogP contribution is 2.30. The number of aromatic hydroxyl groups is 1. The predicted octanol–water partition coefficient (Wildman–Crippen LogP) is 3.63. The molecule has 0 spiro atoms. The minimum Gasteiger partial charge on any atom is -0.508 e. The summed E-state index contributed by atoms with van der Waals surface area (Å²) in [6.45, 7) is 2.85. The second-order valence-corrected chi connectivity index (χ2v) is 6.36. The van der Waals surface area contributed by atoms with E-state index < -0.39 is 4.92 Å². The molecule has 1 aliphatic heterocycles. The average molecular weight is 340 g/mol. The van der Waals surface area contributed by atoms with Gasteiger partial charge in [0.05, 0.1) is 4.92 Å². The minimum atomic E-state index is -0.455. The summed E-state index contributed by atoms with van der Waals surface area (Å²) >= 11 is 0. The van der Waals surface area contributed by atoms with Gasteiger partial charge in [0.25, 0.3) is 11.6 Å². The number of likely N-dealkylation sites (tertiary alicyclic amines) is 1. The number of hydrogen-bond donors (Lipinski definition) is 1. The van der Waals surface area contributed by atoms with Crippen molar-refractivity contribution in [2.24, 2.45) is 0 Å². The van der Waals surface area contributed by atoms with Crippen LogP contribution < -0.4 is 0 Å². The van der Waals surface area contributed by atoms with Gasteiger partial charge >= 0.3 is 0 Å². The van der Waals surface area contributed by atoms with Crippen molar-refractivity contribution in [3.63, 3.8) is 0 Å². The first kappa shape index (κ1) is 17.0. The Balaban J connectivity index is 1.71. The smallest absolute Gasteiger partial charge is 0.273 e. The SMILES string of the molecule is Cc1c(C(=O)N2CCC(c3ccc(O)cc3)CC2)cccc1[N+](=O)[O-]. The molecule has 3 rings (SSSR count). The van der Waals surface area contributed by atoms with E-state index in [1.165, 1.54) is 6.07 Å². The fourth-order valence-corrected chi connectivity index (χ4v) is 3.39. The van der Waals surface area contributed by atoms with Gasteiger partial charge < -0.3 is 10.0 Å². The number of benzene rings is 2. The molecule has 1 amide bonds. The van der Waals surface area contributed by atoms with Crippen LogP contribution in [0.2, 0.25) is 0 Å². The summed E-state index contributed by atoms with van der Waals surface area (Å²) in [4.78, 5) is 25.1. The summed E-state index contributed by atoms with van der Waals surface area (Å²) in [6, 6.07) is 11.8. The van der Waals surface area contributed by atoms with Crippen LogP contribution >= 0.6 is 0 Å². The molecule has 1 aliphatic rings. The van der Waals surface area contributed by atoms with E-state index >= 15 is 0 Å². The summed E-state index contributed by atoms with van der Waals surface area (Å²) in [5.74, 6) is 0.457. The maximum Gasteiger partial charge on any atom is 0.273 e. The molecule has 1 heterocycles. The van der Waals surface area contributed by atoms with Crippen molar-refractivity contribution in [2.75, 3.05) is 13.1 Å². The van der Waals surface area contributed by atoms with Crippen LogP contribution in [-0.4, -0.2) is 33.9 Å². The maximum atomic E-state index is 12.8. The molecule has 1 saturated heterocycles. The molecule has 6 nitrogen and oxygen atoms in total. The molecule has 1 fully saturated rings. The molecule has 6 heteroatoms. The van der Waals surface area contributed by atoms with Crippen LogP contribution in [0.5, 0.6) is 5.75 Å². The van der Waals surface area contributed by atoms with Crippen molar-refractivity contribution < 1.29 is 14.8 Å². The summed E-state index contributed by atoms with van der Waals surface area (Å²) < 4.78 is 0. The lowest BCUT2D eigenvalue weighted by atomic mass is 9.89. The van der Waals surface area contributed by atoms with Crippen LogP contribution in [0, 0.1) is 17.0 Å². The Bertz CT molecular complexity index is 794. The van der Waals surface area contributed by atoms with Crippen LogP contribution in [0.25, 0.3) is 0 Å². The molecular formula is C19H20N2O4. The zero-order valence-electron chi connectivity index (χ0n) is 14.0. The molecule has 2 aromatic rings. The van der Waals surface area contributed by atoms with E-state index in [1.54, 1.807) is 36.1 Å². The molecular weight excluding hydrogens is 320 g/mol. The van der Waals surface area contributed by atoms with Gasteiger partial charge in [-0.3, -0.25) is 14.9 Å². The van der Waals surface area contributed by atoms with Gasteiger partial charge in [-0.05, 0) is 49.4 Å². The van der Waals surface area contributed by atoms with E-state index in [1.807, 2.05) is 12.1 Å². The number of nitro benzene ring substituents is 1. The Labute approximate surface area is 145 Å². The van der Waals surface area contributed by atoms with Crippen molar-refractivity contribution in [3.8, 4) is 5.75 Å². The van der Waals surface area contributed by atoms with E-state index in [9.17, 15) is 20.0 Å². The first-order valence-electron chi connectivity index (χ1n) is 8.29. The number of phenols is 1. The van der Waals surface area contributed by atoms with Crippen LogP contribution in [-0.2, 0) is 0 Å². The number of nitro groups is 1. The monoisotopic (exact) mass is 340 g/mol. The van der Waals surface area contributed by atoms with Gasteiger partial charge in [0, 0.05) is 30.3 Å². The molecule has 0 saturated carbocycles. The molecule has 0 unspecified atom stereocenters. The molecule has 1 N–H and O–H groups in total. The van der Waals surface area contributed by atoms with Crippen LogP contribution in [0.15, 0.2) is 42.5 Å². The first-order valence-corrected chi connectivity index (χ1v) is 8.29. The third-order valence-electron chi connectivity index (χ3n) is 4.88. The predicted molar refractivity (Wildman–Crippen MR) is 93.8 cm³/mol. The Morgan fingerprint density at radius 3 is 2.40 bits per heavy atom. The largest absolute Gasteiger partial charge is 0.508 e. The zero-order valence-corrected chi connectivity index (χ0v) is 14.0. The van der Waals surface area contributed by atoms with Gasteiger partial charge in [-0.2, -0.15) is 0 Å². The average Bonchev–Trinajstić information content (AvgIpc) is 2.62. The Hall–Kier alpha value is -2.89. The number of nitrogens with zero attached hydrogens (tertiary/aromatic N) is 2. The number of carbonyl (C=O) groups excluding carboxylic acids is 1. The van der Waals surface area contributed by atoms with E-state index in [4.69, 9.17) is 0 Å². The van der Waals surface area contributed by atoms with Crippen molar-refractivity contribution in [1.29, 1.82) is 0 Å². The summed E-state index contributed by atoms with van der Waals surface area (Å²) in [6.07, 6.45) is 1.68. The van der Waals surface area contributed by atoms with Gasteiger partial charge in [-0.25, -0.2) is 0 Å². The van der Waals surface area contributed by atoms with Crippen molar-refractivity contribution in [1.82, 2.24) is 4.90 Å². The normalized spacial score (nSPS) is 15.2. The van der Waals surface area contributed by atoms with Crippen LogP contribution in [0.3, 0.4) is 0 Å². The summed E-state index contributed by atoms with van der Waals surface area (Å²) in [7, 11) is 0. The molecule has 0 atom stereocenters. The van der Waals surface area contributed by atoms with Crippen molar-refractivity contribution in [3.05, 3.63) is 69.3 Å². The fraction of sp³-hybridized carbons (Fsp3) is 0.316. The molecule has 130 valence electrons. The minimum absolute atomic E-state index is 0.0233. The standard InChI is InChI=1S/C19H20N2O4/c1-13-17(3-2-4-18(13)21(24)25)19(23)20-11-9-15(10-12-20)14-5-7-16(22)8-6-14/h2-8,15,22H,9-12H2,1H3. The zero-order chi connectivity index (χ0) is 18.0. The summed E-state index contributed by atoms with van der Waals surface area (Å²) in [5, 5.41) is 20.4. The second-order valence-electron chi connectivity index (χ2n) is 6.36. The molecule has 2 aromatic carbocycles. The van der Waals surface area contributed by atoms with Gasteiger partial charge in [-0.1, -0.05) is 18.2 Å². The van der Waals surface area contributed by atoms with E-state index in [2.05, 4.69) is 0 Å². The Morgan fingerprint density at radius 2 is 1.80 bits per heavy atom. The highest BCUT2D eigenvalue weighted by molar-refractivity contribution is 5.96. The van der Waals surface area contributed by atoms with Gasteiger partial charge in [0.1, 0.15) is 5.75 Å². The highest BCUT2D eigenvalue weighted by Gasteiger charge is 2.27. The number of rotatable bonds is 3. The number of carbonyl (C=O) groups is 1.